The fourth-order valence-corrected chi connectivity index (χ4v) is 3.21. The van der Waals surface area contributed by atoms with Gasteiger partial charge >= 0.3 is 0 Å². The highest BCUT2D eigenvalue weighted by Gasteiger charge is 2.16. The minimum absolute atomic E-state index is 0.303. The summed E-state index contributed by atoms with van der Waals surface area (Å²) in [5.74, 6) is 0.397. The molecule has 1 fully saturated rings. The summed E-state index contributed by atoms with van der Waals surface area (Å²) < 4.78 is 24.1. The molecular formula is C23H23FN4O3. The average molecular weight is 422 g/mol. The molecule has 2 heterocycles. The molecule has 1 N–H and O–H groups in total. The number of carbonyl (C=O) groups excluding carboxylic acids is 1. The van der Waals surface area contributed by atoms with Gasteiger partial charge in [-0.15, -0.1) is 10.2 Å². The van der Waals surface area contributed by atoms with E-state index in [0.29, 0.717) is 24.7 Å². The topological polar surface area (TPSA) is 76.6 Å². The summed E-state index contributed by atoms with van der Waals surface area (Å²) in [5.41, 5.74) is 2.27. The number of rotatable bonds is 6. The van der Waals surface area contributed by atoms with Gasteiger partial charge in [0.05, 0.1) is 18.9 Å². The highest BCUT2D eigenvalue weighted by molar-refractivity contribution is 5.94. The fourth-order valence-electron chi connectivity index (χ4n) is 3.21. The monoisotopic (exact) mass is 422 g/mol. The molecule has 160 valence electrons. The predicted molar refractivity (Wildman–Crippen MR) is 116 cm³/mol. The minimum Gasteiger partial charge on any atom is -0.481 e. The van der Waals surface area contributed by atoms with Crippen LogP contribution in [0.3, 0.4) is 0 Å². The molecule has 1 amide bonds. The van der Waals surface area contributed by atoms with Crippen LogP contribution < -0.4 is 15.0 Å². The fraction of sp³-hybridized carbons (Fsp3) is 0.261. The maximum absolute atomic E-state index is 13.3. The minimum atomic E-state index is -0.778. The van der Waals surface area contributed by atoms with E-state index in [9.17, 15) is 9.18 Å². The molecule has 0 radical (unpaired) electrons. The number of ether oxygens (including phenoxy) is 2. The predicted octanol–water partition coefficient (Wildman–Crippen LogP) is 3.53. The van der Waals surface area contributed by atoms with Crippen LogP contribution in [0.25, 0.3) is 11.3 Å². The first kappa shape index (κ1) is 20.7. The molecule has 0 aliphatic carbocycles. The lowest BCUT2D eigenvalue weighted by atomic mass is 10.1. The van der Waals surface area contributed by atoms with Gasteiger partial charge in [0.2, 0.25) is 0 Å². The summed E-state index contributed by atoms with van der Waals surface area (Å²) >= 11 is 0. The van der Waals surface area contributed by atoms with Crippen molar-refractivity contribution in [3.63, 3.8) is 0 Å². The summed E-state index contributed by atoms with van der Waals surface area (Å²) in [6.45, 7) is 4.62. The lowest BCUT2D eigenvalue weighted by Gasteiger charge is -2.27. The van der Waals surface area contributed by atoms with Crippen LogP contribution in [0.15, 0.2) is 60.7 Å². The van der Waals surface area contributed by atoms with Gasteiger partial charge in [-0.05, 0) is 43.3 Å². The smallest absolute Gasteiger partial charge is 0.265 e. The van der Waals surface area contributed by atoms with Gasteiger partial charge in [-0.1, -0.05) is 18.2 Å². The molecule has 4 rings (SSSR count). The van der Waals surface area contributed by atoms with Crippen molar-refractivity contribution in [3.05, 3.63) is 66.5 Å². The quantitative estimate of drug-likeness (QED) is 0.655. The molecule has 0 spiro atoms. The zero-order valence-corrected chi connectivity index (χ0v) is 17.1. The Balaban J connectivity index is 1.35. The highest BCUT2D eigenvalue weighted by atomic mass is 19.1. The third-order valence-electron chi connectivity index (χ3n) is 4.91. The van der Waals surface area contributed by atoms with Gasteiger partial charge < -0.3 is 19.7 Å². The molecule has 31 heavy (non-hydrogen) atoms. The van der Waals surface area contributed by atoms with Crippen molar-refractivity contribution in [1.29, 1.82) is 0 Å². The van der Waals surface area contributed by atoms with Crippen LogP contribution in [0.5, 0.6) is 5.75 Å². The van der Waals surface area contributed by atoms with E-state index < -0.39 is 11.9 Å². The Kier molecular flexibility index (Phi) is 6.37. The molecular weight excluding hydrogens is 399 g/mol. The standard InChI is InChI=1S/C23H23FN4O3/c1-16(31-20-4-2-3-18(24)15-20)23(29)25-19-7-5-17(6-8-19)21-9-10-22(27-26-21)28-11-13-30-14-12-28/h2-10,15-16H,11-14H2,1H3,(H,25,29). The molecule has 1 saturated heterocycles. The molecule has 0 bridgehead atoms. The molecule has 1 atom stereocenters. The van der Waals surface area contributed by atoms with Crippen molar-refractivity contribution in [2.24, 2.45) is 0 Å². The molecule has 8 heteroatoms. The van der Waals surface area contributed by atoms with E-state index in [-0.39, 0.29) is 5.91 Å². The molecule has 2 aromatic carbocycles. The Morgan fingerprint density at radius 2 is 1.87 bits per heavy atom. The number of hydrogen-bond acceptors (Lipinski definition) is 6. The Labute approximate surface area is 179 Å². The normalized spacial score (nSPS) is 14.7. The van der Waals surface area contributed by atoms with Crippen molar-refractivity contribution in [2.45, 2.75) is 13.0 Å². The van der Waals surface area contributed by atoms with E-state index >= 15 is 0 Å². The molecule has 3 aromatic rings. The summed E-state index contributed by atoms with van der Waals surface area (Å²) in [5, 5.41) is 11.4. The van der Waals surface area contributed by atoms with Crippen LogP contribution in [0, 0.1) is 5.82 Å². The van der Waals surface area contributed by atoms with Crippen molar-refractivity contribution in [2.75, 3.05) is 36.5 Å². The number of benzene rings is 2. The average Bonchev–Trinajstić information content (AvgIpc) is 2.80. The summed E-state index contributed by atoms with van der Waals surface area (Å²) in [7, 11) is 0. The van der Waals surface area contributed by atoms with Gasteiger partial charge in [0.25, 0.3) is 5.91 Å². The number of amides is 1. The van der Waals surface area contributed by atoms with Crippen molar-refractivity contribution < 1.29 is 18.7 Å². The number of morpholine rings is 1. The van der Waals surface area contributed by atoms with Gasteiger partial charge in [0.15, 0.2) is 11.9 Å². The van der Waals surface area contributed by atoms with Crippen LogP contribution in [-0.2, 0) is 9.53 Å². The number of halogens is 1. The van der Waals surface area contributed by atoms with Gasteiger partial charge in [-0.3, -0.25) is 4.79 Å². The molecule has 1 aliphatic heterocycles. The zero-order valence-electron chi connectivity index (χ0n) is 17.1. The summed E-state index contributed by atoms with van der Waals surface area (Å²) in [4.78, 5) is 14.5. The SMILES string of the molecule is CC(Oc1cccc(F)c1)C(=O)Nc1ccc(-c2ccc(N3CCOCC3)nn2)cc1. The van der Waals surface area contributed by atoms with Gasteiger partial charge in [0, 0.05) is 30.4 Å². The number of carbonyl (C=O) groups is 1. The third-order valence-corrected chi connectivity index (χ3v) is 4.91. The zero-order chi connectivity index (χ0) is 21.6. The summed E-state index contributed by atoms with van der Waals surface area (Å²) in [6, 6.07) is 16.9. The third kappa shape index (κ3) is 5.35. The second kappa shape index (κ2) is 9.53. The van der Waals surface area contributed by atoms with E-state index in [1.807, 2.05) is 24.3 Å². The van der Waals surface area contributed by atoms with Crippen LogP contribution in [0.1, 0.15) is 6.92 Å². The van der Waals surface area contributed by atoms with E-state index in [4.69, 9.17) is 9.47 Å². The van der Waals surface area contributed by atoms with Crippen LogP contribution in [0.4, 0.5) is 15.9 Å². The number of nitrogens with one attached hydrogen (secondary N) is 1. The largest absolute Gasteiger partial charge is 0.481 e. The van der Waals surface area contributed by atoms with Crippen molar-refractivity contribution in [3.8, 4) is 17.0 Å². The van der Waals surface area contributed by atoms with Gasteiger partial charge in [-0.25, -0.2) is 4.39 Å². The molecule has 1 unspecified atom stereocenters. The van der Waals surface area contributed by atoms with Gasteiger partial charge in [0.1, 0.15) is 11.6 Å². The van der Waals surface area contributed by atoms with Gasteiger partial charge in [-0.2, -0.15) is 0 Å². The Morgan fingerprint density at radius 1 is 1.10 bits per heavy atom. The maximum Gasteiger partial charge on any atom is 0.265 e. The lowest BCUT2D eigenvalue weighted by molar-refractivity contribution is -0.122. The second-order valence-electron chi connectivity index (χ2n) is 7.16. The maximum atomic E-state index is 13.3. The Hall–Kier alpha value is -3.52. The van der Waals surface area contributed by atoms with E-state index in [2.05, 4.69) is 20.4 Å². The van der Waals surface area contributed by atoms with E-state index in [0.717, 1.165) is 30.2 Å². The first-order valence-corrected chi connectivity index (χ1v) is 10.1. The second-order valence-corrected chi connectivity index (χ2v) is 7.16. The number of hydrogen-bond donors (Lipinski definition) is 1. The first-order valence-electron chi connectivity index (χ1n) is 10.1. The number of nitrogens with zero attached hydrogens (tertiary/aromatic N) is 3. The van der Waals surface area contributed by atoms with E-state index in [1.54, 1.807) is 25.1 Å². The molecule has 7 nitrogen and oxygen atoms in total. The van der Waals surface area contributed by atoms with Crippen molar-refractivity contribution in [1.82, 2.24) is 10.2 Å². The summed E-state index contributed by atoms with van der Waals surface area (Å²) in [6.07, 6.45) is -0.778. The van der Waals surface area contributed by atoms with E-state index in [1.165, 1.54) is 18.2 Å². The molecule has 1 aromatic heterocycles. The van der Waals surface area contributed by atoms with Crippen LogP contribution in [-0.4, -0.2) is 48.5 Å². The van der Waals surface area contributed by atoms with Crippen LogP contribution in [0.2, 0.25) is 0 Å². The Morgan fingerprint density at radius 3 is 2.55 bits per heavy atom. The Bertz CT molecular complexity index is 1020. The first-order chi connectivity index (χ1) is 15.1. The number of anilines is 2. The molecule has 0 saturated carbocycles. The number of aromatic nitrogens is 2. The van der Waals surface area contributed by atoms with Crippen molar-refractivity contribution >= 4 is 17.4 Å². The lowest BCUT2D eigenvalue weighted by Crippen LogP contribution is -2.36. The van der Waals surface area contributed by atoms with Crippen LogP contribution >= 0.6 is 0 Å². The highest BCUT2D eigenvalue weighted by Crippen LogP contribution is 2.22. The molecule has 1 aliphatic rings.